The largest absolute Gasteiger partial charge is 0.455 e. The number of aryl methyl sites for hydroxylation is 1. The molecular formula is C23H27N5O5. The third kappa shape index (κ3) is 4.65. The van der Waals surface area contributed by atoms with E-state index in [4.69, 9.17) is 4.42 Å². The molecule has 4 rings (SSSR count). The number of carbonyl (C=O) groups excluding carboxylic acids is 2. The standard InChI is InChI=1S/C23H27N5O5/c1-3-26-10-12-27(13-11-26)23(30)21-15(2)20-18(8-5-9-19(20)33-21)24-25-22(29)16-6-4-7-17(14-16)28(31)32/h4,6-7,14H,3,5,8-13H2,1-2H3,(H,25,29)/b24-18+. The van der Waals surface area contributed by atoms with E-state index in [1.54, 1.807) is 0 Å². The quantitative estimate of drug-likeness (QED) is 0.549. The molecule has 10 heteroatoms. The Labute approximate surface area is 191 Å². The first-order valence-electron chi connectivity index (χ1n) is 11.1. The van der Waals surface area contributed by atoms with Crippen LogP contribution in [0.25, 0.3) is 0 Å². The number of nitrogens with zero attached hydrogens (tertiary/aromatic N) is 4. The molecule has 0 saturated carbocycles. The number of nitro benzene ring substituents is 1. The van der Waals surface area contributed by atoms with Gasteiger partial charge in [-0.3, -0.25) is 19.7 Å². The average Bonchev–Trinajstić information content (AvgIpc) is 3.19. The molecule has 1 aromatic carbocycles. The number of benzene rings is 1. The van der Waals surface area contributed by atoms with Crippen molar-refractivity contribution in [1.82, 2.24) is 15.2 Å². The van der Waals surface area contributed by atoms with Crippen molar-refractivity contribution in [3.63, 3.8) is 0 Å². The number of non-ortho nitro benzene ring substituents is 1. The Morgan fingerprint density at radius 1 is 1.21 bits per heavy atom. The molecule has 0 spiro atoms. The van der Waals surface area contributed by atoms with Crippen molar-refractivity contribution in [2.75, 3.05) is 32.7 Å². The average molecular weight is 453 g/mol. The van der Waals surface area contributed by atoms with Crippen LogP contribution < -0.4 is 5.43 Å². The molecule has 0 unspecified atom stereocenters. The first kappa shape index (κ1) is 22.7. The van der Waals surface area contributed by atoms with Crippen molar-refractivity contribution in [2.24, 2.45) is 5.10 Å². The second kappa shape index (κ2) is 9.53. The van der Waals surface area contributed by atoms with Gasteiger partial charge in [-0.2, -0.15) is 5.10 Å². The molecule has 2 aromatic rings. The Kier molecular flexibility index (Phi) is 6.55. The van der Waals surface area contributed by atoms with Gasteiger partial charge in [-0.15, -0.1) is 0 Å². The molecule has 10 nitrogen and oxygen atoms in total. The highest BCUT2D eigenvalue weighted by atomic mass is 16.6. The number of amides is 2. The van der Waals surface area contributed by atoms with Crippen molar-refractivity contribution >= 4 is 23.2 Å². The molecule has 2 heterocycles. The highest BCUT2D eigenvalue weighted by Gasteiger charge is 2.31. The van der Waals surface area contributed by atoms with E-state index in [1.165, 1.54) is 24.3 Å². The Hall–Kier alpha value is -3.53. The maximum Gasteiger partial charge on any atom is 0.289 e. The number of fused-ring (bicyclic) bond motifs is 1. The summed E-state index contributed by atoms with van der Waals surface area (Å²) < 4.78 is 6.00. The molecule has 33 heavy (non-hydrogen) atoms. The van der Waals surface area contributed by atoms with Gasteiger partial charge in [0.05, 0.1) is 10.6 Å². The molecule has 1 aliphatic heterocycles. The third-order valence-electron chi connectivity index (χ3n) is 6.24. The lowest BCUT2D eigenvalue weighted by atomic mass is 9.93. The van der Waals surface area contributed by atoms with Gasteiger partial charge in [-0.1, -0.05) is 13.0 Å². The second-order valence-electron chi connectivity index (χ2n) is 8.24. The summed E-state index contributed by atoms with van der Waals surface area (Å²) in [4.78, 5) is 40.2. The van der Waals surface area contributed by atoms with Crippen molar-refractivity contribution in [1.29, 1.82) is 0 Å². The lowest BCUT2D eigenvalue weighted by Gasteiger charge is -2.33. The van der Waals surface area contributed by atoms with Gasteiger partial charge < -0.3 is 14.2 Å². The predicted molar refractivity (Wildman–Crippen MR) is 122 cm³/mol. The molecule has 0 atom stereocenters. The SMILES string of the molecule is CCN1CCN(C(=O)c2oc3c(c2C)/C(=N/NC(=O)c2cccc([N+](=O)[O-])c2)CCC3)CC1. The predicted octanol–water partition coefficient (Wildman–Crippen LogP) is 2.74. The molecule has 2 amide bonds. The van der Waals surface area contributed by atoms with Crippen LogP contribution in [0.4, 0.5) is 5.69 Å². The van der Waals surface area contributed by atoms with Crippen molar-refractivity contribution in [2.45, 2.75) is 33.1 Å². The van der Waals surface area contributed by atoms with E-state index in [0.717, 1.165) is 37.2 Å². The normalized spacial score (nSPS) is 17.6. The highest BCUT2D eigenvalue weighted by Crippen LogP contribution is 2.30. The molecule has 0 radical (unpaired) electrons. The van der Waals surface area contributed by atoms with Crippen LogP contribution in [0.3, 0.4) is 0 Å². The number of hydrogen-bond acceptors (Lipinski definition) is 7. The van der Waals surface area contributed by atoms with E-state index < -0.39 is 10.8 Å². The lowest BCUT2D eigenvalue weighted by Crippen LogP contribution is -2.48. The third-order valence-corrected chi connectivity index (χ3v) is 6.24. The van der Waals surface area contributed by atoms with Crippen LogP contribution in [0.1, 0.15) is 57.6 Å². The maximum atomic E-state index is 13.1. The molecule has 174 valence electrons. The number of rotatable bonds is 5. The lowest BCUT2D eigenvalue weighted by molar-refractivity contribution is -0.384. The monoisotopic (exact) mass is 453 g/mol. The summed E-state index contributed by atoms with van der Waals surface area (Å²) in [7, 11) is 0. The zero-order chi connectivity index (χ0) is 23.5. The number of nitrogens with one attached hydrogen (secondary N) is 1. The number of furan rings is 1. The van der Waals surface area contributed by atoms with Crippen LogP contribution in [0.2, 0.25) is 0 Å². The van der Waals surface area contributed by atoms with E-state index >= 15 is 0 Å². The van der Waals surface area contributed by atoms with Crippen LogP contribution in [-0.4, -0.2) is 65.0 Å². The van der Waals surface area contributed by atoms with E-state index in [-0.39, 0.29) is 17.2 Å². The summed E-state index contributed by atoms with van der Waals surface area (Å²) in [5, 5.41) is 15.3. The van der Waals surface area contributed by atoms with Gasteiger partial charge in [0.15, 0.2) is 5.76 Å². The van der Waals surface area contributed by atoms with Crippen LogP contribution in [0, 0.1) is 17.0 Å². The summed E-state index contributed by atoms with van der Waals surface area (Å²) in [6.45, 7) is 7.95. The molecule has 1 aromatic heterocycles. The van der Waals surface area contributed by atoms with Crippen LogP contribution in [0.5, 0.6) is 0 Å². The fourth-order valence-electron chi connectivity index (χ4n) is 4.34. The van der Waals surface area contributed by atoms with Gasteiger partial charge in [-0.05, 0) is 32.4 Å². The zero-order valence-electron chi connectivity index (χ0n) is 18.8. The molecule has 1 N–H and O–H groups in total. The van der Waals surface area contributed by atoms with Gasteiger partial charge in [0.25, 0.3) is 17.5 Å². The number of nitro groups is 1. The van der Waals surface area contributed by atoms with Crippen molar-refractivity contribution < 1.29 is 18.9 Å². The van der Waals surface area contributed by atoms with Gasteiger partial charge in [0, 0.05) is 61.4 Å². The Balaban J connectivity index is 1.53. The zero-order valence-corrected chi connectivity index (χ0v) is 18.8. The van der Waals surface area contributed by atoms with Gasteiger partial charge in [-0.25, -0.2) is 5.43 Å². The molecular weight excluding hydrogens is 426 g/mol. The van der Waals surface area contributed by atoms with Gasteiger partial charge >= 0.3 is 0 Å². The number of carbonyl (C=O) groups is 2. The molecule has 0 bridgehead atoms. The summed E-state index contributed by atoms with van der Waals surface area (Å²) in [5.41, 5.74) is 4.64. The molecule has 2 aliphatic rings. The first-order valence-corrected chi connectivity index (χ1v) is 11.1. The fraction of sp³-hybridized carbons (Fsp3) is 0.435. The fourth-order valence-corrected chi connectivity index (χ4v) is 4.34. The van der Waals surface area contributed by atoms with E-state index in [0.29, 0.717) is 43.2 Å². The number of hydrazone groups is 1. The summed E-state index contributed by atoms with van der Waals surface area (Å²) in [6.07, 6.45) is 2.12. The Morgan fingerprint density at radius 3 is 2.67 bits per heavy atom. The minimum atomic E-state index is -0.550. The number of hydrogen-bond donors (Lipinski definition) is 1. The van der Waals surface area contributed by atoms with E-state index in [2.05, 4.69) is 22.4 Å². The maximum absolute atomic E-state index is 13.1. The number of likely N-dealkylation sites (N-methyl/N-ethyl adjacent to an activating group) is 1. The van der Waals surface area contributed by atoms with E-state index in [9.17, 15) is 19.7 Å². The highest BCUT2D eigenvalue weighted by molar-refractivity contribution is 6.07. The van der Waals surface area contributed by atoms with Gasteiger partial charge in [0.1, 0.15) is 5.76 Å². The van der Waals surface area contributed by atoms with Crippen molar-refractivity contribution in [3.05, 3.63) is 62.6 Å². The van der Waals surface area contributed by atoms with E-state index in [1.807, 2.05) is 11.8 Å². The minimum Gasteiger partial charge on any atom is -0.455 e. The first-order chi connectivity index (χ1) is 15.9. The smallest absolute Gasteiger partial charge is 0.289 e. The molecule has 1 saturated heterocycles. The minimum absolute atomic E-state index is 0.113. The number of piperazine rings is 1. The Morgan fingerprint density at radius 2 is 1.97 bits per heavy atom. The summed E-state index contributed by atoms with van der Waals surface area (Å²) in [6, 6.07) is 5.48. The van der Waals surface area contributed by atoms with Crippen LogP contribution in [0.15, 0.2) is 33.8 Å². The molecule has 1 aliphatic carbocycles. The van der Waals surface area contributed by atoms with Gasteiger partial charge in [0.2, 0.25) is 0 Å². The summed E-state index contributed by atoms with van der Waals surface area (Å²) >= 11 is 0. The van der Waals surface area contributed by atoms with Crippen LogP contribution >= 0.6 is 0 Å². The Bertz CT molecular complexity index is 1110. The van der Waals surface area contributed by atoms with Crippen LogP contribution in [-0.2, 0) is 6.42 Å². The summed E-state index contributed by atoms with van der Waals surface area (Å²) in [5.74, 6) is 0.393. The molecule has 1 fully saturated rings. The second-order valence-corrected chi connectivity index (χ2v) is 8.24. The van der Waals surface area contributed by atoms with Crippen molar-refractivity contribution in [3.8, 4) is 0 Å². The topological polar surface area (TPSA) is 121 Å².